The largest absolute Gasteiger partial charge is 0.382 e. The first kappa shape index (κ1) is 30.3. The number of ether oxygens (including phenoxy) is 3. The fraction of sp³-hybridized carbons (Fsp3) is 0.500. The number of carbonyl (C=O) groups is 3. The summed E-state index contributed by atoms with van der Waals surface area (Å²) in [6, 6.07) is 18.4. The lowest BCUT2D eigenvalue weighted by molar-refractivity contribution is -0.163. The molecule has 212 valence electrons. The Kier molecular flexibility index (Phi) is 12.9. The molecule has 0 radical (unpaired) electrons. The molecule has 0 aliphatic heterocycles. The number of hydrogen-bond acceptors (Lipinski definition) is 7. The van der Waals surface area contributed by atoms with E-state index in [-0.39, 0.29) is 32.1 Å². The van der Waals surface area contributed by atoms with Gasteiger partial charge in [-0.05, 0) is 55.2 Å². The Labute approximate surface area is 230 Å². The van der Waals surface area contributed by atoms with Gasteiger partial charge in [0.25, 0.3) is 5.91 Å². The van der Waals surface area contributed by atoms with Crippen molar-refractivity contribution in [2.75, 3.05) is 46.7 Å². The fourth-order valence-electron chi connectivity index (χ4n) is 4.01. The number of amides is 2. The number of rotatable bonds is 18. The molecule has 1 fully saturated rings. The van der Waals surface area contributed by atoms with Gasteiger partial charge in [-0.2, -0.15) is 5.48 Å². The lowest BCUT2D eigenvalue weighted by Gasteiger charge is -2.15. The van der Waals surface area contributed by atoms with Crippen molar-refractivity contribution in [3.8, 4) is 0 Å². The van der Waals surface area contributed by atoms with Crippen LogP contribution in [0, 0.1) is 5.41 Å². The lowest BCUT2D eigenvalue weighted by Crippen LogP contribution is -2.39. The van der Waals surface area contributed by atoms with Crippen LogP contribution in [-0.4, -0.2) is 64.5 Å². The molecule has 0 atom stereocenters. The van der Waals surface area contributed by atoms with Crippen molar-refractivity contribution in [1.82, 2.24) is 10.8 Å². The SMILES string of the molecule is COCCOCCOCC(=O)NCC1(C(=O)ONC(=O)Cc2ccc(CCCCc3ccccc3)cc2)CC1. The van der Waals surface area contributed by atoms with E-state index >= 15 is 0 Å². The van der Waals surface area contributed by atoms with E-state index in [2.05, 4.69) is 35.1 Å². The average molecular weight is 541 g/mol. The molecule has 3 rings (SSSR count). The summed E-state index contributed by atoms with van der Waals surface area (Å²) in [5.74, 6) is -1.27. The molecular weight excluding hydrogens is 500 g/mol. The van der Waals surface area contributed by atoms with Crippen LogP contribution in [0.5, 0.6) is 0 Å². The topological polar surface area (TPSA) is 112 Å². The van der Waals surface area contributed by atoms with Gasteiger partial charge in [-0.1, -0.05) is 54.6 Å². The summed E-state index contributed by atoms with van der Waals surface area (Å²) in [6.07, 6.45) is 5.58. The highest BCUT2D eigenvalue weighted by Gasteiger charge is 2.52. The van der Waals surface area contributed by atoms with E-state index in [4.69, 9.17) is 19.0 Å². The van der Waals surface area contributed by atoms with E-state index in [1.165, 1.54) is 11.1 Å². The Morgan fingerprint density at radius 1 is 0.769 bits per heavy atom. The number of hydrogen-bond donors (Lipinski definition) is 2. The third kappa shape index (κ3) is 11.6. The third-order valence-corrected chi connectivity index (χ3v) is 6.62. The number of methoxy groups -OCH3 is 1. The van der Waals surface area contributed by atoms with Crippen LogP contribution in [0.4, 0.5) is 0 Å². The molecule has 39 heavy (non-hydrogen) atoms. The predicted octanol–water partition coefficient (Wildman–Crippen LogP) is 2.94. The van der Waals surface area contributed by atoms with Gasteiger partial charge in [-0.3, -0.25) is 9.59 Å². The second kappa shape index (κ2) is 16.6. The number of hydroxylamine groups is 1. The molecule has 2 N–H and O–H groups in total. The second-order valence-electron chi connectivity index (χ2n) is 9.82. The molecule has 0 bridgehead atoms. The van der Waals surface area contributed by atoms with Crippen LogP contribution in [-0.2, 0) is 52.7 Å². The summed E-state index contributed by atoms with van der Waals surface area (Å²) in [6.45, 7) is 1.64. The van der Waals surface area contributed by atoms with Crippen molar-refractivity contribution in [2.45, 2.75) is 44.9 Å². The van der Waals surface area contributed by atoms with Crippen LogP contribution in [0.3, 0.4) is 0 Å². The van der Waals surface area contributed by atoms with Crippen LogP contribution >= 0.6 is 0 Å². The van der Waals surface area contributed by atoms with Crippen molar-refractivity contribution < 1.29 is 33.4 Å². The van der Waals surface area contributed by atoms with E-state index in [1.54, 1.807) is 7.11 Å². The lowest BCUT2D eigenvalue weighted by atomic mass is 10.0. The number of benzene rings is 2. The van der Waals surface area contributed by atoms with Crippen LogP contribution in [0.25, 0.3) is 0 Å². The number of nitrogens with one attached hydrogen (secondary N) is 2. The molecule has 0 saturated heterocycles. The number of unbranched alkanes of at least 4 members (excludes halogenated alkanes) is 1. The summed E-state index contributed by atoms with van der Waals surface area (Å²) < 4.78 is 15.4. The van der Waals surface area contributed by atoms with E-state index in [9.17, 15) is 14.4 Å². The van der Waals surface area contributed by atoms with E-state index < -0.39 is 17.3 Å². The summed E-state index contributed by atoms with van der Waals surface area (Å²) in [4.78, 5) is 41.8. The molecule has 2 aromatic carbocycles. The molecule has 0 aromatic heterocycles. The van der Waals surface area contributed by atoms with Crippen molar-refractivity contribution >= 4 is 17.8 Å². The Balaban J connectivity index is 1.26. The molecule has 1 aliphatic rings. The highest BCUT2D eigenvalue weighted by molar-refractivity contribution is 5.84. The summed E-state index contributed by atoms with van der Waals surface area (Å²) in [5.41, 5.74) is 4.89. The summed E-state index contributed by atoms with van der Waals surface area (Å²) >= 11 is 0. The maximum Gasteiger partial charge on any atom is 0.340 e. The van der Waals surface area contributed by atoms with Gasteiger partial charge in [-0.15, -0.1) is 0 Å². The molecule has 9 nitrogen and oxygen atoms in total. The monoisotopic (exact) mass is 540 g/mol. The van der Waals surface area contributed by atoms with Gasteiger partial charge in [0.1, 0.15) is 6.61 Å². The van der Waals surface area contributed by atoms with Crippen molar-refractivity contribution in [2.24, 2.45) is 5.41 Å². The van der Waals surface area contributed by atoms with Crippen LogP contribution < -0.4 is 10.8 Å². The molecular formula is C30H40N2O7. The third-order valence-electron chi connectivity index (χ3n) is 6.62. The van der Waals surface area contributed by atoms with Gasteiger partial charge in [0.15, 0.2) is 0 Å². The van der Waals surface area contributed by atoms with Crippen LogP contribution in [0.15, 0.2) is 54.6 Å². The van der Waals surface area contributed by atoms with Crippen molar-refractivity contribution in [1.29, 1.82) is 0 Å². The Hall–Kier alpha value is -3.27. The number of aryl methyl sites for hydroxylation is 2. The first-order valence-corrected chi connectivity index (χ1v) is 13.5. The molecule has 0 unspecified atom stereocenters. The van der Waals surface area contributed by atoms with E-state index in [0.717, 1.165) is 31.2 Å². The highest BCUT2D eigenvalue weighted by atomic mass is 16.7. The minimum Gasteiger partial charge on any atom is -0.382 e. The van der Waals surface area contributed by atoms with Crippen LogP contribution in [0.1, 0.15) is 42.4 Å². The Bertz CT molecular complexity index is 1020. The Morgan fingerprint density at radius 3 is 2.05 bits per heavy atom. The fourth-order valence-corrected chi connectivity index (χ4v) is 4.01. The maximum atomic E-state index is 12.5. The zero-order valence-electron chi connectivity index (χ0n) is 22.7. The number of carbonyl (C=O) groups excluding carboxylic acids is 3. The first-order chi connectivity index (χ1) is 19.0. The highest BCUT2D eigenvalue weighted by Crippen LogP contribution is 2.46. The average Bonchev–Trinajstić information content (AvgIpc) is 3.75. The normalized spacial score (nSPS) is 13.5. The van der Waals surface area contributed by atoms with Crippen molar-refractivity contribution in [3.05, 3.63) is 71.3 Å². The zero-order chi connectivity index (χ0) is 27.8. The van der Waals surface area contributed by atoms with Crippen molar-refractivity contribution in [3.63, 3.8) is 0 Å². The van der Waals surface area contributed by atoms with Crippen LogP contribution in [0.2, 0.25) is 0 Å². The molecule has 0 heterocycles. The second-order valence-corrected chi connectivity index (χ2v) is 9.82. The van der Waals surface area contributed by atoms with Gasteiger partial charge >= 0.3 is 5.97 Å². The quantitative estimate of drug-likeness (QED) is 0.221. The molecule has 0 spiro atoms. The first-order valence-electron chi connectivity index (χ1n) is 13.5. The van der Waals surface area contributed by atoms with Gasteiger partial charge in [0.05, 0.1) is 38.3 Å². The van der Waals surface area contributed by atoms with Gasteiger partial charge in [-0.25, -0.2) is 4.79 Å². The zero-order valence-corrected chi connectivity index (χ0v) is 22.7. The molecule has 9 heteroatoms. The molecule has 1 saturated carbocycles. The summed E-state index contributed by atoms with van der Waals surface area (Å²) in [5, 5.41) is 2.70. The minimum absolute atomic E-state index is 0.109. The van der Waals surface area contributed by atoms with Gasteiger partial charge in [0.2, 0.25) is 5.91 Å². The summed E-state index contributed by atoms with van der Waals surface area (Å²) in [7, 11) is 1.59. The van der Waals surface area contributed by atoms with Gasteiger partial charge in [0, 0.05) is 13.7 Å². The maximum absolute atomic E-state index is 12.5. The van der Waals surface area contributed by atoms with E-state index in [1.807, 2.05) is 30.3 Å². The van der Waals surface area contributed by atoms with Gasteiger partial charge < -0.3 is 24.4 Å². The molecule has 2 aromatic rings. The molecule has 2 amide bonds. The standard InChI is InChI=1S/C30H40N2O7/c1-36-17-18-37-19-20-38-22-28(34)31-23-30(15-16-30)29(35)39-32-27(33)21-26-13-11-25(12-14-26)10-6-5-9-24-7-3-2-4-8-24/h2-4,7-8,11-14H,5-6,9-10,15-23H2,1H3,(H,31,34)(H,32,33). The molecule has 1 aliphatic carbocycles. The Morgan fingerprint density at radius 2 is 1.38 bits per heavy atom. The minimum atomic E-state index is -0.797. The van der Waals surface area contributed by atoms with E-state index in [0.29, 0.717) is 32.7 Å². The predicted molar refractivity (Wildman–Crippen MR) is 146 cm³/mol. The smallest absolute Gasteiger partial charge is 0.340 e.